The van der Waals surface area contributed by atoms with Gasteiger partial charge in [-0.3, -0.25) is 13.9 Å². The van der Waals surface area contributed by atoms with Crippen LogP contribution in [0.2, 0.25) is 10.0 Å². The Bertz CT molecular complexity index is 1400. The molecule has 37 heavy (non-hydrogen) atoms. The highest BCUT2D eigenvalue weighted by Crippen LogP contribution is 2.29. The van der Waals surface area contributed by atoms with Crippen LogP contribution in [0.15, 0.2) is 71.6 Å². The molecule has 0 aromatic heterocycles. The Morgan fingerprint density at radius 2 is 1.62 bits per heavy atom. The second-order valence-corrected chi connectivity index (χ2v) is 11.4. The quantitative estimate of drug-likeness (QED) is 0.399. The number of benzene rings is 3. The fraction of sp³-hybridized carbons (Fsp3) is 0.259. The molecule has 0 radical (unpaired) electrons. The van der Waals surface area contributed by atoms with Gasteiger partial charge in [-0.15, -0.1) is 0 Å². The van der Waals surface area contributed by atoms with Gasteiger partial charge in [0, 0.05) is 13.6 Å². The van der Waals surface area contributed by atoms with Gasteiger partial charge in [0.05, 0.1) is 20.6 Å². The molecule has 0 fully saturated rings. The molecule has 1 atom stereocenters. The third-order valence-electron chi connectivity index (χ3n) is 5.98. The number of hydrogen-bond donors (Lipinski definition) is 1. The molecule has 3 aromatic carbocycles. The second kappa shape index (κ2) is 12.0. The van der Waals surface area contributed by atoms with Crippen molar-refractivity contribution in [2.45, 2.75) is 38.3 Å². The first kappa shape index (κ1) is 28.5. The van der Waals surface area contributed by atoms with Crippen molar-refractivity contribution in [2.75, 3.05) is 17.9 Å². The number of carbonyl (C=O) groups is 2. The van der Waals surface area contributed by atoms with Gasteiger partial charge in [-0.25, -0.2) is 8.42 Å². The van der Waals surface area contributed by atoms with Crippen LogP contribution in [0.25, 0.3) is 0 Å². The highest BCUT2D eigenvalue weighted by molar-refractivity contribution is 7.92. The van der Waals surface area contributed by atoms with Crippen molar-refractivity contribution in [3.63, 3.8) is 0 Å². The first-order valence-electron chi connectivity index (χ1n) is 11.6. The Kier molecular flexibility index (Phi) is 9.23. The number of halogens is 2. The minimum Gasteiger partial charge on any atom is -0.357 e. The maximum atomic E-state index is 13.8. The fourth-order valence-corrected chi connectivity index (χ4v) is 5.76. The number of rotatable bonds is 9. The highest BCUT2D eigenvalue weighted by atomic mass is 35.5. The lowest BCUT2D eigenvalue weighted by Crippen LogP contribution is -2.50. The molecule has 0 unspecified atom stereocenters. The molecule has 3 aromatic rings. The summed E-state index contributed by atoms with van der Waals surface area (Å²) in [6.45, 7) is 4.80. The lowest BCUT2D eigenvalue weighted by Gasteiger charge is -2.32. The number of nitrogens with one attached hydrogen (secondary N) is 1. The van der Waals surface area contributed by atoms with Crippen LogP contribution >= 0.6 is 23.2 Å². The largest absolute Gasteiger partial charge is 0.357 e. The molecule has 0 aliphatic heterocycles. The summed E-state index contributed by atoms with van der Waals surface area (Å²) in [5, 5.41) is 3.22. The van der Waals surface area contributed by atoms with E-state index in [2.05, 4.69) is 5.32 Å². The number of aryl methyl sites for hydroxylation is 2. The summed E-state index contributed by atoms with van der Waals surface area (Å²) in [6.07, 6.45) is 0. The summed E-state index contributed by atoms with van der Waals surface area (Å²) >= 11 is 12.2. The predicted octanol–water partition coefficient (Wildman–Crippen LogP) is 4.97. The van der Waals surface area contributed by atoms with Crippen LogP contribution in [0, 0.1) is 13.8 Å². The molecular formula is C27H29Cl2N3O4S. The summed E-state index contributed by atoms with van der Waals surface area (Å²) in [5.41, 5.74) is 2.68. The van der Waals surface area contributed by atoms with E-state index >= 15 is 0 Å². The van der Waals surface area contributed by atoms with E-state index < -0.39 is 34.4 Å². The van der Waals surface area contributed by atoms with E-state index in [4.69, 9.17) is 23.2 Å². The predicted molar refractivity (Wildman–Crippen MR) is 147 cm³/mol. The summed E-state index contributed by atoms with van der Waals surface area (Å²) < 4.78 is 28.6. The maximum Gasteiger partial charge on any atom is 0.264 e. The van der Waals surface area contributed by atoms with Crippen molar-refractivity contribution in [1.29, 1.82) is 0 Å². The molecule has 0 bridgehead atoms. The Hall–Kier alpha value is -3.07. The lowest BCUT2D eigenvalue weighted by molar-refractivity contribution is -0.139. The molecule has 3 rings (SSSR count). The lowest BCUT2D eigenvalue weighted by atomic mass is 10.1. The number of hydrogen-bond acceptors (Lipinski definition) is 4. The van der Waals surface area contributed by atoms with Crippen molar-refractivity contribution in [3.05, 3.63) is 93.5 Å². The first-order valence-corrected chi connectivity index (χ1v) is 13.7. The molecule has 196 valence electrons. The minimum absolute atomic E-state index is 0.0242. The Morgan fingerprint density at radius 1 is 0.946 bits per heavy atom. The van der Waals surface area contributed by atoms with E-state index in [9.17, 15) is 18.0 Å². The van der Waals surface area contributed by atoms with E-state index in [0.717, 1.165) is 9.87 Å². The SMILES string of the molecule is CNC(=O)[C@H](C)N(Cc1ccc(Cl)c(Cl)c1)C(=O)CN(c1ccc(C)cc1C)S(=O)(=O)c1ccccc1. The molecule has 0 heterocycles. The third-order valence-corrected chi connectivity index (χ3v) is 8.49. The molecule has 0 aliphatic carbocycles. The molecule has 0 saturated carbocycles. The van der Waals surface area contributed by atoms with Crippen LogP contribution in [0.4, 0.5) is 5.69 Å². The molecule has 1 N–H and O–H groups in total. The standard InChI is InChI=1S/C27H29Cl2N3O4S/c1-18-10-13-25(19(2)14-18)32(37(35,36)22-8-6-5-7-9-22)17-26(33)31(20(3)27(34)30-4)16-21-11-12-23(28)24(29)15-21/h5-15,20H,16-17H2,1-4H3,(H,30,34)/t20-/m0/s1. The van der Waals surface area contributed by atoms with Crippen molar-refractivity contribution in [2.24, 2.45) is 0 Å². The summed E-state index contributed by atoms with van der Waals surface area (Å²) in [6, 6.07) is 17.3. The van der Waals surface area contributed by atoms with Crippen molar-refractivity contribution in [1.82, 2.24) is 10.2 Å². The summed E-state index contributed by atoms with van der Waals surface area (Å²) in [4.78, 5) is 27.7. The average Bonchev–Trinajstić information content (AvgIpc) is 2.87. The van der Waals surface area contributed by atoms with Gasteiger partial charge in [-0.1, -0.05) is 65.2 Å². The van der Waals surface area contributed by atoms with Crippen LogP contribution in [-0.4, -0.2) is 44.8 Å². The number of anilines is 1. The van der Waals surface area contributed by atoms with E-state index in [1.807, 2.05) is 13.0 Å². The molecule has 0 saturated heterocycles. The summed E-state index contributed by atoms with van der Waals surface area (Å²) in [5.74, 6) is -0.945. The van der Waals surface area contributed by atoms with Gasteiger partial charge in [0.15, 0.2) is 0 Å². The smallest absolute Gasteiger partial charge is 0.264 e. The van der Waals surface area contributed by atoms with Crippen LogP contribution < -0.4 is 9.62 Å². The zero-order valence-electron chi connectivity index (χ0n) is 21.0. The van der Waals surface area contributed by atoms with Crippen molar-refractivity contribution < 1.29 is 18.0 Å². The van der Waals surface area contributed by atoms with E-state index in [1.54, 1.807) is 62.4 Å². The van der Waals surface area contributed by atoms with Gasteiger partial charge in [-0.05, 0) is 62.2 Å². The third kappa shape index (κ3) is 6.63. The fourth-order valence-electron chi connectivity index (χ4n) is 3.94. The second-order valence-electron chi connectivity index (χ2n) is 8.67. The Morgan fingerprint density at radius 3 is 2.22 bits per heavy atom. The van der Waals surface area contributed by atoms with Gasteiger partial charge in [0.2, 0.25) is 11.8 Å². The van der Waals surface area contributed by atoms with E-state index in [-0.39, 0.29) is 11.4 Å². The summed E-state index contributed by atoms with van der Waals surface area (Å²) in [7, 11) is -2.63. The number of nitrogens with zero attached hydrogens (tertiary/aromatic N) is 2. The number of likely N-dealkylation sites (N-methyl/N-ethyl adjacent to an activating group) is 1. The first-order chi connectivity index (χ1) is 17.4. The molecule has 7 nitrogen and oxygen atoms in total. The number of amides is 2. The topological polar surface area (TPSA) is 86.8 Å². The maximum absolute atomic E-state index is 13.8. The Balaban J connectivity index is 2.06. The van der Waals surface area contributed by atoms with Gasteiger partial charge in [-0.2, -0.15) is 0 Å². The van der Waals surface area contributed by atoms with Crippen molar-refractivity contribution >= 4 is 50.7 Å². The molecular weight excluding hydrogens is 533 g/mol. The minimum atomic E-state index is -4.11. The molecule has 0 aliphatic rings. The van der Waals surface area contributed by atoms with E-state index in [0.29, 0.717) is 26.9 Å². The number of sulfonamides is 1. The van der Waals surface area contributed by atoms with Gasteiger partial charge >= 0.3 is 0 Å². The van der Waals surface area contributed by atoms with Crippen LogP contribution in [0.5, 0.6) is 0 Å². The van der Waals surface area contributed by atoms with Crippen LogP contribution in [-0.2, 0) is 26.2 Å². The monoisotopic (exact) mass is 561 g/mol. The molecule has 10 heteroatoms. The highest BCUT2D eigenvalue weighted by Gasteiger charge is 2.32. The Labute approximate surface area is 228 Å². The van der Waals surface area contributed by atoms with Crippen LogP contribution in [0.3, 0.4) is 0 Å². The zero-order chi connectivity index (χ0) is 27.3. The zero-order valence-corrected chi connectivity index (χ0v) is 23.4. The van der Waals surface area contributed by atoms with Gasteiger partial charge in [0.1, 0.15) is 12.6 Å². The van der Waals surface area contributed by atoms with Gasteiger partial charge in [0.25, 0.3) is 10.0 Å². The van der Waals surface area contributed by atoms with Gasteiger partial charge < -0.3 is 10.2 Å². The van der Waals surface area contributed by atoms with Crippen molar-refractivity contribution in [3.8, 4) is 0 Å². The normalized spacial score (nSPS) is 12.1. The van der Waals surface area contributed by atoms with E-state index in [1.165, 1.54) is 24.1 Å². The molecule has 0 spiro atoms. The average molecular weight is 563 g/mol. The molecule has 2 amide bonds. The van der Waals surface area contributed by atoms with Crippen LogP contribution in [0.1, 0.15) is 23.6 Å². The number of carbonyl (C=O) groups excluding carboxylic acids is 2.